The van der Waals surface area contributed by atoms with Crippen LogP contribution >= 0.6 is 0 Å². The van der Waals surface area contributed by atoms with Crippen LogP contribution in [0.5, 0.6) is 0 Å². The van der Waals surface area contributed by atoms with Gasteiger partial charge >= 0.3 is 5.97 Å². The van der Waals surface area contributed by atoms with Crippen LogP contribution in [0.3, 0.4) is 0 Å². The van der Waals surface area contributed by atoms with E-state index in [1.807, 2.05) is 6.92 Å². The molecular weight excluding hydrogens is 244 g/mol. The molecule has 0 aliphatic carbocycles. The smallest absolute Gasteiger partial charge is 0.329 e. The summed E-state index contributed by atoms with van der Waals surface area (Å²) in [6, 6.07) is 0.420. The number of carbonyl (C=O) groups is 2. The minimum Gasteiger partial charge on any atom is -0.479 e. The van der Waals surface area contributed by atoms with Crippen LogP contribution < -0.4 is 0 Å². The summed E-state index contributed by atoms with van der Waals surface area (Å²) in [6.45, 7) is 9.65. The number of carbonyl (C=O) groups excluding carboxylic acids is 1. The lowest BCUT2D eigenvalue weighted by molar-refractivity contribution is -0.162. The van der Waals surface area contributed by atoms with Crippen LogP contribution in [0.15, 0.2) is 0 Å². The van der Waals surface area contributed by atoms with Gasteiger partial charge in [-0.1, -0.05) is 6.92 Å². The van der Waals surface area contributed by atoms with E-state index in [9.17, 15) is 14.7 Å². The maximum absolute atomic E-state index is 11.8. The average molecular weight is 270 g/mol. The molecule has 1 saturated heterocycles. The fourth-order valence-corrected chi connectivity index (χ4v) is 2.91. The summed E-state index contributed by atoms with van der Waals surface area (Å²) >= 11 is 0. The minimum absolute atomic E-state index is 0.137. The first-order chi connectivity index (χ1) is 8.85. The maximum atomic E-state index is 11.8. The lowest BCUT2D eigenvalue weighted by atomic mass is 9.84. The number of nitrogens with zero attached hydrogens (tertiary/aromatic N) is 2. The van der Waals surface area contributed by atoms with Crippen molar-refractivity contribution in [2.75, 3.05) is 19.6 Å². The van der Waals surface area contributed by atoms with Crippen molar-refractivity contribution in [2.45, 2.75) is 58.5 Å². The van der Waals surface area contributed by atoms with Crippen LogP contribution in [-0.4, -0.2) is 58.0 Å². The normalized spacial score (nSPS) is 19.4. The van der Waals surface area contributed by atoms with E-state index in [2.05, 4.69) is 18.7 Å². The number of hydrogen-bond donors (Lipinski definition) is 1. The lowest BCUT2D eigenvalue weighted by Gasteiger charge is -2.46. The predicted molar refractivity (Wildman–Crippen MR) is 74.0 cm³/mol. The summed E-state index contributed by atoms with van der Waals surface area (Å²) in [5, 5.41) is 9.65. The summed E-state index contributed by atoms with van der Waals surface area (Å²) in [4.78, 5) is 27.4. The molecular formula is C14H26N2O3. The Morgan fingerprint density at radius 1 is 1.32 bits per heavy atom. The molecule has 0 spiro atoms. The van der Waals surface area contributed by atoms with Gasteiger partial charge in [0.1, 0.15) is 5.54 Å². The number of piperidine rings is 1. The van der Waals surface area contributed by atoms with Crippen LogP contribution in [0.25, 0.3) is 0 Å². The second-order valence-corrected chi connectivity index (χ2v) is 5.64. The Bertz CT molecular complexity index is 334. The Kier molecular flexibility index (Phi) is 5.35. The Morgan fingerprint density at radius 2 is 1.84 bits per heavy atom. The standard InChI is InChI=1S/C14H26N2O3/c1-5-8-16(12(4)17)14(13(18)19)6-9-15(10-7-14)11(2)3/h11H,5-10H2,1-4H3,(H,18,19). The molecule has 0 atom stereocenters. The molecule has 0 aromatic carbocycles. The van der Waals surface area contributed by atoms with Gasteiger partial charge in [-0.15, -0.1) is 0 Å². The zero-order valence-electron chi connectivity index (χ0n) is 12.5. The van der Waals surface area contributed by atoms with Crippen LogP contribution in [0.2, 0.25) is 0 Å². The first kappa shape index (κ1) is 16.0. The second-order valence-electron chi connectivity index (χ2n) is 5.64. The number of aliphatic carboxylic acids is 1. The van der Waals surface area contributed by atoms with Crippen molar-refractivity contribution < 1.29 is 14.7 Å². The predicted octanol–water partition coefficient (Wildman–Crippen LogP) is 1.57. The monoisotopic (exact) mass is 270 g/mol. The third-order valence-corrected chi connectivity index (χ3v) is 4.10. The fourth-order valence-electron chi connectivity index (χ4n) is 2.91. The number of amides is 1. The molecule has 1 fully saturated rings. The van der Waals surface area contributed by atoms with Crippen molar-refractivity contribution in [2.24, 2.45) is 0 Å². The summed E-state index contributed by atoms with van der Waals surface area (Å²) < 4.78 is 0. The number of likely N-dealkylation sites (tertiary alicyclic amines) is 1. The average Bonchev–Trinajstić information content (AvgIpc) is 2.35. The molecule has 1 rings (SSSR count). The Hall–Kier alpha value is -1.10. The molecule has 1 amide bonds. The number of hydrogen-bond acceptors (Lipinski definition) is 3. The first-order valence-corrected chi connectivity index (χ1v) is 7.10. The topological polar surface area (TPSA) is 60.9 Å². The van der Waals surface area contributed by atoms with E-state index in [1.54, 1.807) is 4.90 Å². The molecule has 0 aromatic rings. The molecule has 0 saturated carbocycles. The van der Waals surface area contributed by atoms with Gasteiger partial charge in [-0.3, -0.25) is 4.79 Å². The molecule has 0 bridgehead atoms. The van der Waals surface area contributed by atoms with Gasteiger partial charge < -0.3 is 14.9 Å². The van der Waals surface area contributed by atoms with E-state index >= 15 is 0 Å². The van der Waals surface area contributed by atoms with Gasteiger partial charge in [0.2, 0.25) is 5.91 Å². The summed E-state index contributed by atoms with van der Waals surface area (Å²) in [5.41, 5.74) is -1.01. The third-order valence-electron chi connectivity index (χ3n) is 4.10. The highest BCUT2D eigenvalue weighted by atomic mass is 16.4. The SMILES string of the molecule is CCCN(C(C)=O)C1(C(=O)O)CCN(C(C)C)CC1. The van der Waals surface area contributed by atoms with E-state index in [-0.39, 0.29) is 5.91 Å². The van der Waals surface area contributed by atoms with Gasteiger partial charge in [-0.2, -0.15) is 0 Å². The Balaban J connectivity index is 2.93. The molecule has 1 N–H and O–H groups in total. The third kappa shape index (κ3) is 3.26. The zero-order valence-corrected chi connectivity index (χ0v) is 12.5. The van der Waals surface area contributed by atoms with Crippen LogP contribution in [0, 0.1) is 0 Å². The van der Waals surface area contributed by atoms with Gasteiger partial charge in [0.15, 0.2) is 0 Å². The van der Waals surface area contributed by atoms with E-state index in [1.165, 1.54) is 6.92 Å². The molecule has 5 nitrogen and oxygen atoms in total. The number of carboxylic acids is 1. The lowest BCUT2D eigenvalue weighted by Crippen LogP contribution is -2.62. The molecule has 1 heterocycles. The molecule has 5 heteroatoms. The summed E-state index contributed by atoms with van der Waals surface area (Å²) in [5.74, 6) is -0.998. The van der Waals surface area contributed by atoms with E-state index in [4.69, 9.17) is 0 Å². The highest BCUT2D eigenvalue weighted by molar-refractivity contribution is 5.86. The quantitative estimate of drug-likeness (QED) is 0.824. The zero-order chi connectivity index (χ0) is 14.6. The van der Waals surface area contributed by atoms with Gasteiger partial charge in [0.05, 0.1) is 0 Å². The molecule has 0 aromatic heterocycles. The fraction of sp³-hybridized carbons (Fsp3) is 0.857. The van der Waals surface area contributed by atoms with Crippen molar-refractivity contribution >= 4 is 11.9 Å². The number of rotatable bonds is 5. The van der Waals surface area contributed by atoms with Crippen molar-refractivity contribution in [3.63, 3.8) is 0 Å². The molecule has 110 valence electrons. The van der Waals surface area contributed by atoms with Crippen molar-refractivity contribution in [3.05, 3.63) is 0 Å². The minimum atomic E-state index is -1.01. The van der Waals surface area contributed by atoms with E-state index in [0.717, 1.165) is 19.5 Å². The van der Waals surface area contributed by atoms with Crippen molar-refractivity contribution in [1.82, 2.24) is 9.80 Å². The Morgan fingerprint density at radius 3 is 2.16 bits per heavy atom. The molecule has 1 aliphatic heterocycles. The molecule has 1 aliphatic rings. The largest absolute Gasteiger partial charge is 0.479 e. The Labute approximate surface area is 115 Å². The highest BCUT2D eigenvalue weighted by Crippen LogP contribution is 2.30. The van der Waals surface area contributed by atoms with Gasteiger partial charge in [0, 0.05) is 32.6 Å². The first-order valence-electron chi connectivity index (χ1n) is 7.10. The van der Waals surface area contributed by atoms with Gasteiger partial charge in [-0.05, 0) is 33.1 Å². The molecule has 0 radical (unpaired) electrons. The number of carboxylic acid groups (broad SMARTS) is 1. The van der Waals surface area contributed by atoms with E-state index in [0.29, 0.717) is 25.4 Å². The molecule has 0 unspecified atom stereocenters. The van der Waals surface area contributed by atoms with Crippen LogP contribution in [-0.2, 0) is 9.59 Å². The van der Waals surface area contributed by atoms with Crippen molar-refractivity contribution in [1.29, 1.82) is 0 Å². The van der Waals surface area contributed by atoms with Crippen LogP contribution in [0.4, 0.5) is 0 Å². The van der Waals surface area contributed by atoms with Crippen LogP contribution in [0.1, 0.15) is 47.0 Å². The maximum Gasteiger partial charge on any atom is 0.329 e. The van der Waals surface area contributed by atoms with E-state index < -0.39 is 11.5 Å². The molecule has 19 heavy (non-hydrogen) atoms. The van der Waals surface area contributed by atoms with Crippen molar-refractivity contribution in [3.8, 4) is 0 Å². The summed E-state index contributed by atoms with van der Waals surface area (Å²) in [7, 11) is 0. The highest BCUT2D eigenvalue weighted by Gasteiger charge is 2.47. The summed E-state index contributed by atoms with van der Waals surface area (Å²) in [6.07, 6.45) is 1.81. The van der Waals surface area contributed by atoms with Gasteiger partial charge in [0.25, 0.3) is 0 Å². The second kappa shape index (κ2) is 6.37. The van der Waals surface area contributed by atoms with Gasteiger partial charge in [-0.25, -0.2) is 4.79 Å².